The van der Waals surface area contributed by atoms with Crippen molar-refractivity contribution in [1.29, 1.82) is 0 Å². The highest BCUT2D eigenvalue weighted by atomic mass is 16.5. The molecule has 0 atom stereocenters. The number of amides is 1. The molecule has 0 saturated carbocycles. The SMILES string of the molecule is COC(=O)c1cc(CN(C)C(=O)Cn2nnc(-c3ccccc3)n2)oc1C. The quantitative estimate of drug-likeness (QED) is 0.609. The molecule has 0 unspecified atom stereocenters. The molecule has 0 fully saturated rings. The number of carbonyl (C=O) groups is 2. The predicted molar refractivity (Wildman–Crippen MR) is 94.5 cm³/mol. The molecule has 0 spiro atoms. The highest BCUT2D eigenvalue weighted by Crippen LogP contribution is 2.17. The van der Waals surface area contributed by atoms with Crippen LogP contribution in [0, 0.1) is 6.92 Å². The lowest BCUT2D eigenvalue weighted by atomic mass is 10.2. The zero-order chi connectivity index (χ0) is 19.4. The number of rotatable bonds is 6. The van der Waals surface area contributed by atoms with Crippen molar-refractivity contribution in [3.8, 4) is 11.4 Å². The number of aryl methyl sites for hydroxylation is 1. The van der Waals surface area contributed by atoms with Crippen molar-refractivity contribution in [3.05, 3.63) is 53.5 Å². The van der Waals surface area contributed by atoms with Crippen molar-refractivity contribution in [2.24, 2.45) is 0 Å². The summed E-state index contributed by atoms with van der Waals surface area (Å²) in [5, 5.41) is 12.1. The van der Waals surface area contributed by atoms with Crippen molar-refractivity contribution in [1.82, 2.24) is 25.1 Å². The second-order valence-corrected chi connectivity index (χ2v) is 5.93. The summed E-state index contributed by atoms with van der Waals surface area (Å²) in [5.41, 5.74) is 1.17. The molecule has 3 rings (SSSR count). The van der Waals surface area contributed by atoms with Crippen LogP contribution in [-0.4, -0.2) is 51.1 Å². The third kappa shape index (κ3) is 4.20. The molecule has 2 heterocycles. The molecule has 140 valence electrons. The Morgan fingerprint density at radius 1 is 1.26 bits per heavy atom. The van der Waals surface area contributed by atoms with Crippen molar-refractivity contribution < 1.29 is 18.7 Å². The van der Waals surface area contributed by atoms with Crippen LogP contribution < -0.4 is 0 Å². The van der Waals surface area contributed by atoms with Gasteiger partial charge in [-0.2, -0.15) is 4.80 Å². The van der Waals surface area contributed by atoms with E-state index in [9.17, 15) is 9.59 Å². The van der Waals surface area contributed by atoms with Crippen molar-refractivity contribution in [3.63, 3.8) is 0 Å². The molecule has 1 aromatic carbocycles. The van der Waals surface area contributed by atoms with E-state index in [2.05, 4.69) is 15.4 Å². The Hall–Kier alpha value is -3.49. The number of aromatic nitrogens is 4. The molecular weight excluding hydrogens is 350 g/mol. The number of carbonyl (C=O) groups excluding carboxylic acids is 2. The zero-order valence-electron chi connectivity index (χ0n) is 15.2. The fourth-order valence-electron chi connectivity index (χ4n) is 2.51. The van der Waals surface area contributed by atoms with Gasteiger partial charge in [0.2, 0.25) is 11.7 Å². The first kappa shape index (κ1) is 18.3. The summed E-state index contributed by atoms with van der Waals surface area (Å²) >= 11 is 0. The molecule has 9 heteroatoms. The van der Waals surface area contributed by atoms with E-state index in [-0.39, 0.29) is 19.0 Å². The van der Waals surface area contributed by atoms with Gasteiger partial charge in [-0.3, -0.25) is 4.79 Å². The van der Waals surface area contributed by atoms with Crippen LogP contribution in [-0.2, 0) is 22.6 Å². The van der Waals surface area contributed by atoms with E-state index < -0.39 is 5.97 Å². The lowest BCUT2D eigenvalue weighted by Crippen LogP contribution is -2.30. The van der Waals surface area contributed by atoms with Gasteiger partial charge in [-0.1, -0.05) is 30.3 Å². The van der Waals surface area contributed by atoms with Crippen LogP contribution in [0.1, 0.15) is 21.9 Å². The largest absolute Gasteiger partial charge is 0.465 e. The molecule has 0 aliphatic heterocycles. The fourth-order valence-corrected chi connectivity index (χ4v) is 2.51. The molecular formula is C18H19N5O4. The second kappa shape index (κ2) is 7.81. The number of benzene rings is 1. The van der Waals surface area contributed by atoms with Gasteiger partial charge < -0.3 is 14.1 Å². The Kier molecular flexibility index (Phi) is 5.30. The monoisotopic (exact) mass is 369 g/mol. The van der Waals surface area contributed by atoms with E-state index >= 15 is 0 Å². The topological polar surface area (TPSA) is 103 Å². The maximum atomic E-state index is 12.4. The highest BCUT2D eigenvalue weighted by molar-refractivity contribution is 5.90. The van der Waals surface area contributed by atoms with E-state index in [1.165, 1.54) is 16.8 Å². The van der Waals surface area contributed by atoms with Gasteiger partial charge in [-0.05, 0) is 18.2 Å². The van der Waals surface area contributed by atoms with E-state index in [0.717, 1.165) is 5.56 Å². The summed E-state index contributed by atoms with van der Waals surface area (Å²) in [5.74, 6) is 0.691. The van der Waals surface area contributed by atoms with Crippen molar-refractivity contribution in [2.75, 3.05) is 14.2 Å². The highest BCUT2D eigenvalue weighted by Gasteiger charge is 2.19. The van der Waals surface area contributed by atoms with Gasteiger partial charge >= 0.3 is 5.97 Å². The molecule has 9 nitrogen and oxygen atoms in total. The molecule has 27 heavy (non-hydrogen) atoms. The first-order valence-electron chi connectivity index (χ1n) is 8.22. The van der Waals surface area contributed by atoms with Crippen LogP contribution in [0.25, 0.3) is 11.4 Å². The lowest BCUT2D eigenvalue weighted by Gasteiger charge is -2.14. The van der Waals surface area contributed by atoms with E-state index in [0.29, 0.717) is 22.9 Å². The van der Waals surface area contributed by atoms with Gasteiger partial charge in [0.25, 0.3) is 0 Å². The Balaban J connectivity index is 1.63. The fraction of sp³-hybridized carbons (Fsp3) is 0.278. The summed E-state index contributed by atoms with van der Waals surface area (Å²) < 4.78 is 10.2. The minimum absolute atomic E-state index is 0.0557. The number of furan rings is 1. The van der Waals surface area contributed by atoms with E-state index in [1.807, 2.05) is 30.3 Å². The molecule has 2 aromatic heterocycles. The Morgan fingerprint density at radius 3 is 2.70 bits per heavy atom. The Bertz CT molecular complexity index is 948. The van der Waals surface area contributed by atoms with Crippen LogP contribution >= 0.6 is 0 Å². The van der Waals surface area contributed by atoms with Gasteiger partial charge in [0.05, 0.1) is 13.7 Å². The summed E-state index contributed by atoms with van der Waals surface area (Å²) in [6.07, 6.45) is 0. The third-order valence-electron chi connectivity index (χ3n) is 3.95. The number of hydrogen-bond acceptors (Lipinski definition) is 7. The van der Waals surface area contributed by atoms with Crippen molar-refractivity contribution >= 4 is 11.9 Å². The smallest absolute Gasteiger partial charge is 0.341 e. The maximum absolute atomic E-state index is 12.4. The number of esters is 1. The van der Waals surface area contributed by atoms with Gasteiger partial charge in [0, 0.05) is 12.6 Å². The molecule has 0 saturated heterocycles. The molecule has 0 N–H and O–H groups in total. The Labute approximate surface area is 155 Å². The number of ether oxygens (including phenoxy) is 1. The summed E-state index contributed by atoms with van der Waals surface area (Å²) in [7, 11) is 2.94. The van der Waals surface area contributed by atoms with E-state index in [1.54, 1.807) is 20.0 Å². The molecule has 0 aliphatic carbocycles. The molecule has 1 amide bonds. The normalized spacial score (nSPS) is 10.6. The standard InChI is InChI=1S/C18H19N5O4/c1-12-15(18(25)26-3)9-14(27-12)10-22(2)16(24)11-23-20-17(19-21-23)13-7-5-4-6-8-13/h4-9H,10-11H2,1-3H3. The number of hydrogen-bond donors (Lipinski definition) is 0. The van der Waals surface area contributed by atoms with Crippen LogP contribution in [0.2, 0.25) is 0 Å². The average molecular weight is 369 g/mol. The van der Waals surface area contributed by atoms with E-state index in [4.69, 9.17) is 9.15 Å². The second-order valence-electron chi connectivity index (χ2n) is 5.93. The van der Waals surface area contributed by atoms with Crippen molar-refractivity contribution in [2.45, 2.75) is 20.0 Å². The molecule has 0 aliphatic rings. The van der Waals surface area contributed by atoms with Crippen LogP contribution in [0.4, 0.5) is 0 Å². The average Bonchev–Trinajstić information content (AvgIpc) is 3.28. The summed E-state index contributed by atoms with van der Waals surface area (Å²) in [6.45, 7) is 1.82. The number of likely N-dealkylation sites (N-methyl/N-ethyl adjacent to an activating group) is 1. The minimum Gasteiger partial charge on any atom is -0.465 e. The van der Waals surface area contributed by atoms with Gasteiger partial charge in [0.1, 0.15) is 23.6 Å². The maximum Gasteiger partial charge on any atom is 0.341 e. The first-order chi connectivity index (χ1) is 13.0. The van der Waals surface area contributed by atoms with Gasteiger partial charge in [-0.25, -0.2) is 4.79 Å². The zero-order valence-corrected chi connectivity index (χ0v) is 15.2. The van der Waals surface area contributed by atoms with Crippen LogP contribution in [0.5, 0.6) is 0 Å². The summed E-state index contributed by atoms with van der Waals surface area (Å²) in [6, 6.07) is 11.0. The van der Waals surface area contributed by atoms with Crippen LogP contribution in [0.3, 0.4) is 0 Å². The predicted octanol–water partition coefficient (Wildman–Crippen LogP) is 1.69. The van der Waals surface area contributed by atoms with Crippen LogP contribution in [0.15, 0.2) is 40.8 Å². The third-order valence-corrected chi connectivity index (χ3v) is 3.95. The summed E-state index contributed by atoms with van der Waals surface area (Å²) in [4.78, 5) is 26.8. The molecule has 0 radical (unpaired) electrons. The number of methoxy groups -OCH3 is 1. The number of tetrazole rings is 1. The molecule has 0 bridgehead atoms. The minimum atomic E-state index is -0.475. The van der Waals surface area contributed by atoms with Gasteiger partial charge in [0.15, 0.2) is 0 Å². The number of nitrogens with zero attached hydrogens (tertiary/aromatic N) is 5. The van der Waals surface area contributed by atoms with Gasteiger partial charge in [-0.15, -0.1) is 10.2 Å². The molecule has 3 aromatic rings. The Morgan fingerprint density at radius 2 is 2.00 bits per heavy atom. The first-order valence-corrected chi connectivity index (χ1v) is 8.22. The lowest BCUT2D eigenvalue weighted by molar-refractivity contribution is -0.131.